The molecule has 1 aromatic carbocycles. The second-order valence-electron chi connectivity index (χ2n) is 7.71. The quantitative estimate of drug-likeness (QED) is 0.823. The van der Waals surface area contributed by atoms with Crippen molar-refractivity contribution in [2.75, 3.05) is 26.2 Å². The maximum atomic E-state index is 12.9. The molecule has 3 aliphatic rings. The zero-order valence-electron chi connectivity index (χ0n) is 15.0. The fraction of sp³-hybridized carbons (Fsp3) is 0.450. The van der Waals surface area contributed by atoms with Crippen molar-refractivity contribution in [1.82, 2.24) is 19.7 Å². The molecule has 4 heterocycles. The number of aliphatic hydroxyl groups excluding tert-OH is 1. The number of fused-ring (bicyclic) bond motifs is 3. The highest BCUT2D eigenvalue weighted by Crippen LogP contribution is 2.29. The first-order valence-electron chi connectivity index (χ1n) is 9.45. The van der Waals surface area contributed by atoms with E-state index >= 15 is 0 Å². The first-order chi connectivity index (χ1) is 13.1. The number of carbonyl (C=O) groups is 2. The number of benzene rings is 1. The Morgan fingerprint density at radius 3 is 2.78 bits per heavy atom. The Morgan fingerprint density at radius 1 is 1.04 bits per heavy atom. The molecule has 27 heavy (non-hydrogen) atoms. The Kier molecular flexibility index (Phi) is 3.87. The van der Waals surface area contributed by atoms with Crippen molar-refractivity contribution in [1.29, 1.82) is 0 Å². The minimum absolute atomic E-state index is 0.00687. The van der Waals surface area contributed by atoms with E-state index in [1.807, 2.05) is 18.2 Å². The predicted molar refractivity (Wildman–Crippen MR) is 98.6 cm³/mol. The van der Waals surface area contributed by atoms with Crippen LogP contribution >= 0.6 is 0 Å². The van der Waals surface area contributed by atoms with E-state index in [4.69, 9.17) is 0 Å². The molecule has 0 unspecified atom stereocenters. The lowest BCUT2D eigenvalue weighted by Gasteiger charge is -2.47. The van der Waals surface area contributed by atoms with Crippen LogP contribution in [-0.2, 0) is 16.1 Å². The van der Waals surface area contributed by atoms with E-state index in [-0.39, 0.29) is 18.4 Å². The Morgan fingerprint density at radius 2 is 1.89 bits per heavy atom. The molecule has 0 aliphatic carbocycles. The average molecular weight is 366 g/mol. The lowest BCUT2D eigenvalue weighted by Crippen LogP contribution is -2.68. The van der Waals surface area contributed by atoms with Gasteiger partial charge in [-0.1, -0.05) is 12.1 Å². The minimum atomic E-state index is -0.591. The fourth-order valence-electron chi connectivity index (χ4n) is 4.61. The van der Waals surface area contributed by atoms with E-state index < -0.39 is 18.2 Å². The smallest absolute Gasteiger partial charge is 0.247 e. The third-order valence-corrected chi connectivity index (χ3v) is 5.95. The van der Waals surface area contributed by atoms with Crippen LogP contribution in [0.2, 0.25) is 0 Å². The van der Waals surface area contributed by atoms with Gasteiger partial charge in [-0.3, -0.25) is 19.5 Å². The molecule has 3 saturated heterocycles. The molecule has 0 bridgehead atoms. The number of piperazine rings is 2. The number of aromatic nitrogens is 1. The highest BCUT2D eigenvalue weighted by Gasteiger charge is 2.51. The van der Waals surface area contributed by atoms with Gasteiger partial charge < -0.3 is 14.9 Å². The van der Waals surface area contributed by atoms with Crippen molar-refractivity contribution in [2.45, 2.75) is 31.2 Å². The standard InChI is InChI=1S/C20H22N4O3/c25-15-9-17-19(26)23-7-6-22(12-18(23)20(27)24(17)11-15)10-13-3-4-16-14(8-13)2-1-5-21-16/h1-5,8,15,17-18,25H,6-7,9-12H2/t15-,17+,18-/m1/s1. The summed E-state index contributed by atoms with van der Waals surface area (Å²) >= 11 is 0. The summed E-state index contributed by atoms with van der Waals surface area (Å²) in [7, 11) is 0. The maximum absolute atomic E-state index is 12.9. The highest BCUT2D eigenvalue weighted by molar-refractivity contribution is 5.98. The van der Waals surface area contributed by atoms with Crippen LogP contribution in [0.4, 0.5) is 0 Å². The molecule has 7 nitrogen and oxygen atoms in total. The second-order valence-corrected chi connectivity index (χ2v) is 7.71. The van der Waals surface area contributed by atoms with Gasteiger partial charge in [0.05, 0.1) is 11.6 Å². The average Bonchev–Trinajstić information content (AvgIpc) is 3.08. The number of pyridine rings is 1. The Bertz CT molecular complexity index is 917. The topological polar surface area (TPSA) is 77.0 Å². The van der Waals surface area contributed by atoms with Crippen LogP contribution < -0.4 is 0 Å². The van der Waals surface area contributed by atoms with E-state index in [2.05, 4.69) is 22.0 Å². The van der Waals surface area contributed by atoms with Gasteiger partial charge in [-0.05, 0) is 23.8 Å². The summed E-state index contributed by atoms with van der Waals surface area (Å²) in [6.07, 6.45) is 1.56. The molecule has 0 saturated carbocycles. The predicted octanol–water partition coefficient (Wildman–Crippen LogP) is 0.223. The lowest BCUT2D eigenvalue weighted by atomic mass is 10.0. The SMILES string of the molecule is O=C1[C@@H]2C[C@@H](O)CN2C(=O)[C@H]2CN(Cc3ccc4ncccc4c3)CCN12. The van der Waals surface area contributed by atoms with Crippen molar-refractivity contribution in [3.05, 3.63) is 42.1 Å². The Balaban J connectivity index is 1.34. The van der Waals surface area contributed by atoms with Crippen molar-refractivity contribution < 1.29 is 14.7 Å². The normalized spacial score (nSPS) is 28.6. The molecule has 3 aliphatic heterocycles. The molecule has 5 rings (SSSR count). The van der Waals surface area contributed by atoms with Crippen molar-refractivity contribution in [3.63, 3.8) is 0 Å². The van der Waals surface area contributed by atoms with Gasteiger partial charge in [0.2, 0.25) is 11.8 Å². The van der Waals surface area contributed by atoms with Gasteiger partial charge >= 0.3 is 0 Å². The van der Waals surface area contributed by atoms with Crippen LogP contribution in [0.1, 0.15) is 12.0 Å². The van der Waals surface area contributed by atoms with E-state index in [0.29, 0.717) is 19.5 Å². The molecule has 1 N–H and O–H groups in total. The largest absolute Gasteiger partial charge is 0.391 e. The van der Waals surface area contributed by atoms with Crippen molar-refractivity contribution in [3.8, 4) is 0 Å². The Labute approximate surface area is 157 Å². The molecular formula is C20H22N4O3. The lowest BCUT2D eigenvalue weighted by molar-refractivity contribution is -0.163. The molecule has 140 valence electrons. The highest BCUT2D eigenvalue weighted by atomic mass is 16.3. The van der Waals surface area contributed by atoms with E-state index in [1.54, 1.807) is 16.0 Å². The molecule has 1 aromatic heterocycles. The summed E-state index contributed by atoms with van der Waals surface area (Å²) in [6, 6.07) is 9.30. The number of hydrogen-bond donors (Lipinski definition) is 1. The third kappa shape index (κ3) is 2.78. The molecule has 0 radical (unpaired) electrons. The van der Waals surface area contributed by atoms with Gasteiger partial charge in [-0.2, -0.15) is 0 Å². The van der Waals surface area contributed by atoms with Gasteiger partial charge in [-0.25, -0.2) is 0 Å². The summed E-state index contributed by atoms with van der Waals surface area (Å²) in [5, 5.41) is 11.0. The fourth-order valence-corrected chi connectivity index (χ4v) is 4.61. The van der Waals surface area contributed by atoms with Crippen LogP contribution in [-0.4, -0.2) is 81.0 Å². The van der Waals surface area contributed by atoms with Gasteiger partial charge in [0.15, 0.2) is 0 Å². The van der Waals surface area contributed by atoms with E-state index in [0.717, 1.165) is 24.0 Å². The first kappa shape index (κ1) is 16.6. The summed E-state index contributed by atoms with van der Waals surface area (Å²) in [6.45, 7) is 2.86. The number of carbonyl (C=O) groups excluding carboxylic acids is 2. The number of aliphatic hydroxyl groups is 1. The van der Waals surface area contributed by atoms with Gasteiger partial charge in [0.1, 0.15) is 12.1 Å². The number of nitrogens with zero attached hydrogens (tertiary/aromatic N) is 4. The molecule has 2 aromatic rings. The third-order valence-electron chi connectivity index (χ3n) is 5.95. The molecule has 3 fully saturated rings. The van der Waals surface area contributed by atoms with Crippen LogP contribution in [0.15, 0.2) is 36.5 Å². The van der Waals surface area contributed by atoms with Crippen LogP contribution in [0, 0.1) is 0 Å². The summed E-state index contributed by atoms with van der Waals surface area (Å²) < 4.78 is 0. The van der Waals surface area contributed by atoms with Gasteiger partial charge in [-0.15, -0.1) is 0 Å². The zero-order chi connectivity index (χ0) is 18.5. The molecule has 7 heteroatoms. The van der Waals surface area contributed by atoms with E-state index in [9.17, 15) is 14.7 Å². The molecule has 2 amide bonds. The van der Waals surface area contributed by atoms with Crippen LogP contribution in [0.5, 0.6) is 0 Å². The van der Waals surface area contributed by atoms with E-state index in [1.165, 1.54) is 5.56 Å². The number of amides is 2. The summed E-state index contributed by atoms with van der Waals surface area (Å²) in [4.78, 5) is 35.5. The van der Waals surface area contributed by atoms with Crippen molar-refractivity contribution >= 4 is 22.7 Å². The molecule has 0 spiro atoms. The first-order valence-corrected chi connectivity index (χ1v) is 9.45. The van der Waals surface area contributed by atoms with Crippen LogP contribution in [0.3, 0.4) is 0 Å². The van der Waals surface area contributed by atoms with Crippen LogP contribution in [0.25, 0.3) is 10.9 Å². The minimum Gasteiger partial charge on any atom is -0.391 e. The number of hydrogen-bond acceptors (Lipinski definition) is 5. The van der Waals surface area contributed by atoms with Gasteiger partial charge in [0.25, 0.3) is 0 Å². The maximum Gasteiger partial charge on any atom is 0.247 e. The Hall–Kier alpha value is -2.51. The molecular weight excluding hydrogens is 344 g/mol. The molecule has 3 atom stereocenters. The number of rotatable bonds is 2. The monoisotopic (exact) mass is 366 g/mol. The van der Waals surface area contributed by atoms with Crippen molar-refractivity contribution in [2.24, 2.45) is 0 Å². The summed E-state index contributed by atoms with van der Waals surface area (Å²) in [5.74, 6) is -0.0314. The summed E-state index contributed by atoms with van der Waals surface area (Å²) in [5.41, 5.74) is 2.14. The zero-order valence-corrected chi connectivity index (χ0v) is 15.0. The second kappa shape index (κ2) is 6.28. The van der Waals surface area contributed by atoms with Gasteiger partial charge in [0, 0.05) is 50.7 Å².